The van der Waals surface area contributed by atoms with Crippen molar-refractivity contribution in [1.82, 2.24) is 0 Å². The van der Waals surface area contributed by atoms with Gasteiger partial charge in [-0.25, -0.2) is 12.6 Å². The van der Waals surface area contributed by atoms with Gasteiger partial charge in [-0.1, -0.05) is 126 Å². The van der Waals surface area contributed by atoms with Gasteiger partial charge in [-0.2, -0.15) is 0 Å². The Kier molecular flexibility index (Phi) is 6.60. The van der Waals surface area contributed by atoms with Crippen molar-refractivity contribution in [3.05, 3.63) is 186 Å². The van der Waals surface area contributed by atoms with Crippen molar-refractivity contribution in [2.75, 3.05) is 0 Å². The minimum absolute atomic E-state index is 0.00851. The molecule has 2 aliphatic carbocycles. The molecule has 0 amide bonds. The highest BCUT2D eigenvalue weighted by atomic mass is 32.2. The summed E-state index contributed by atoms with van der Waals surface area (Å²) < 4.78 is 43.3. The standard InChI is InChI=1S/C48H38O3S2/c1-47(2,3)31-19-15-27(16-20-31)41-35-23-29-26-38-36(24-30(29)25-37(35)43-33-11-7-9-13-39(33)52(49)45(41)43)42(28-17-21-32(22-18-28)48(4,5)6)46-44(38)34-12-8-10-14-40(34)53(46,50)51/h7-26H,1-6H3. The van der Waals surface area contributed by atoms with E-state index in [9.17, 15) is 12.6 Å². The zero-order valence-corrected chi connectivity index (χ0v) is 32.2. The normalized spacial score (nSPS) is 18.0. The van der Waals surface area contributed by atoms with Crippen LogP contribution in [0.3, 0.4) is 0 Å². The first-order valence-corrected chi connectivity index (χ1v) is 20.8. The maximum Gasteiger partial charge on any atom is 0.208 e. The van der Waals surface area contributed by atoms with Gasteiger partial charge in [0.25, 0.3) is 0 Å². The molecule has 0 aromatic heterocycles. The first kappa shape index (κ1) is 32.5. The average molecular weight is 727 g/mol. The van der Waals surface area contributed by atoms with Gasteiger partial charge in [0.1, 0.15) is 0 Å². The van der Waals surface area contributed by atoms with E-state index in [1.54, 1.807) is 12.1 Å². The fourth-order valence-electron chi connectivity index (χ4n) is 8.71. The van der Waals surface area contributed by atoms with Crippen LogP contribution in [-0.4, -0.2) is 12.6 Å². The molecular weight excluding hydrogens is 689 g/mol. The van der Waals surface area contributed by atoms with E-state index in [1.807, 2.05) is 30.3 Å². The Hall–Kier alpha value is -5.10. The lowest BCUT2D eigenvalue weighted by Gasteiger charge is -2.19. The van der Waals surface area contributed by atoms with Gasteiger partial charge in [0.15, 0.2) is 0 Å². The molecule has 0 bridgehead atoms. The van der Waals surface area contributed by atoms with Crippen LogP contribution in [0, 0.1) is 0 Å². The minimum Gasteiger partial charge on any atom is -0.249 e. The van der Waals surface area contributed by atoms with E-state index in [0.717, 1.165) is 86.7 Å². The molecule has 0 radical (unpaired) electrons. The average Bonchev–Trinajstić information content (AvgIpc) is 3.80. The number of fused-ring (bicyclic) bond motifs is 9. The molecule has 2 heterocycles. The summed E-state index contributed by atoms with van der Waals surface area (Å²) in [6, 6.07) is 41.4. The lowest BCUT2D eigenvalue weighted by molar-refractivity contribution is 0.590. The van der Waals surface area contributed by atoms with Crippen molar-refractivity contribution < 1.29 is 12.6 Å². The summed E-state index contributed by atoms with van der Waals surface area (Å²) in [7, 11) is -5.10. The molecular formula is C48H38O3S2. The van der Waals surface area contributed by atoms with E-state index in [0.29, 0.717) is 9.80 Å². The molecule has 4 aliphatic rings. The molecule has 5 heteroatoms. The summed E-state index contributed by atoms with van der Waals surface area (Å²) in [5.41, 5.74) is 11.7. The fraction of sp³-hybridized carbons (Fsp3) is 0.167. The van der Waals surface area contributed by atoms with Crippen LogP contribution in [0.1, 0.15) is 86.1 Å². The molecule has 1 unspecified atom stereocenters. The van der Waals surface area contributed by atoms with E-state index in [-0.39, 0.29) is 10.8 Å². The van der Waals surface area contributed by atoms with Crippen LogP contribution in [0.2, 0.25) is 0 Å². The summed E-state index contributed by atoms with van der Waals surface area (Å²) >= 11 is 0. The Balaban J connectivity index is 1.28. The molecule has 260 valence electrons. The highest BCUT2D eigenvalue weighted by molar-refractivity contribution is 7.96. The third-order valence-corrected chi connectivity index (χ3v) is 14.8. The second-order valence-corrected chi connectivity index (χ2v) is 20.0. The highest BCUT2D eigenvalue weighted by Crippen LogP contribution is 2.51. The van der Waals surface area contributed by atoms with E-state index >= 15 is 0 Å². The van der Waals surface area contributed by atoms with E-state index in [2.05, 4.69) is 120 Å². The molecule has 6 aromatic carbocycles. The topological polar surface area (TPSA) is 51.2 Å². The SMILES string of the molecule is CC(C)(C)c1ccc(C2=c3cc4cc5c(cc4cc3C3=C2S(=O)c2ccccc23)=C(c2ccc(C(C)(C)C)cc2)C2=C5c3ccccc3S2(=O)=O)cc1. The molecule has 10 rings (SSSR count). The Morgan fingerprint density at radius 1 is 0.491 bits per heavy atom. The van der Waals surface area contributed by atoms with Crippen LogP contribution < -0.4 is 10.4 Å². The summed E-state index contributed by atoms with van der Waals surface area (Å²) in [6.07, 6.45) is 0. The first-order chi connectivity index (χ1) is 25.2. The van der Waals surface area contributed by atoms with Gasteiger partial charge in [0, 0.05) is 33.4 Å². The molecule has 0 saturated carbocycles. The van der Waals surface area contributed by atoms with Crippen LogP contribution in [-0.2, 0) is 31.5 Å². The van der Waals surface area contributed by atoms with E-state index in [4.69, 9.17) is 0 Å². The van der Waals surface area contributed by atoms with E-state index in [1.165, 1.54) is 11.1 Å². The Bertz CT molecular complexity index is 3000. The molecule has 53 heavy (non-hydrogen) atoms. The van der Waals surface area contributed by atoms with Crippen LogP contribution in [0.4, 0.5) is 0 Å². The second kappa shape index (κ2) is 10.7. The van der Waals surface area contributed by atoms with Gasteiger partial charge >= 0.3 is 0 Å². The Labute approximate surface area is 313 Å². The predicted molar refractivity (Wildman–Crippen MR) is 217 cm³/mol. The smallest absolute Gasteiger partial charge is 0.208 e. The third kappa shape index (κ3) is 4.50. The van der Waals surface area contributed by atoms with Crippen molar-refractivity contribution >= 4 is 53.7 Å². The van der Waals surface area contributed by atoms with Gasteiger partial charge in [0.2, 0.25) is 9.84 Å². The molecule has 1 atom stereocenters. The molecule has 0 saturated heterocycles. The zero-order valence-electron chi connectivity index (χ0n) is 30.6. The number of hydrogen-bond donors (Lipinski definition) is 0. The molecule has 3 nitrogen and oxygen atoms in total. The van der Waals surface area contributed by atoms with Crippen LogP contribution in [0.25, 0.3) is 33.1 Å². The predicted octanol–water partition coefficient (Wildman–Crippen LogP) is 9.29. The molecule has 6 aromatic rings. The highest BCUT2D eigenvalue weighted by Gasteiger charge is 2.43. The van der Waals surface area contributed by atoms with Gasteiger partial charge in [-0.15, -0.1) is 0 Å². The van der Waals surface area contributed by atoms with Gasteiger partial charge < -0.3 is 0 Å². The number of benzene rings is 6. The summed E-state index contributed by atoms with van der Waals surface area (Å²) in [5.74, 6) is 0. The number of allylic oxidation sites excluding steroid dienone is 2. The first-order valence-electron chi connectivity index (χ1n) is 18.2. The van der Waals surface area contributed by atoms with Crippen molar-refractivity contribution in [1.29, 1.82) is 0 Å². The maximum absolute atomic E-state index is 14.4. The lowest BCUT2D eigenvalue weighted by atomic mass is 9.86. The van der Waals surface area contributed by atoms with Crippen molar-refractivity contribution in [2.24, 2.45) is 0 Å². The summed E-state index contributed by atoms with van der Waals surface area (Å²) in [5, 5.41) is 4.02. The summed E-state index contributed by atoms with van der Waals surface area (Å²) in [4.78, 5) is 2.49. The zero-order chi connectivity index (χ0) is 36.8. The van der Waals surface area contributed by atoms with E-state index < -0.39 is 20.6 Å². The second-order valence-electron chi connectivity index (χ2n) is 16.7. The molecule has 0 fully saturated rings. The maximum atomic E-state index is 14.4. The van der Waals surface area contributed by atoms with Crippen molar-refractivity contribution in [2.45, 2.75) is 62.2 Å². The van der Waals surface area contributed by atoms with Crippen LogP contribution in [0.5, 0.6) is 0 Å². The molecule has 0 N–H and O–H groups in total. The minimum atomic E-state index is -3.77. The Morgan fingerprint density at radius 3 is 1.57 bits per heavy atom. The quantitative estimate of drug-likeness (QED) is 0.179. The van der Waals surface area contributed by atoms with Crippen LogP contribution >= 0.6 is 0 Å². The molecule has 0 spiro atoms. The fourth-order valence-corrected chi connectivity index (χ4v) is 12.2. The number of sulfone groups is 1. The van der Waals surface area contributed by atoms with Gasteiger partial charge in [-0.05, 0) is 102 Å². The van der Waals surface area contributed by atoms with Gasteiger partial charge in [0.05, 0.1) is 30.4 Å². The van der Waals surface area contributed by atoms with Gasteiger partial charge in [-0.3, -0.25) is 0 Å². The Morgan fingerprint density at radius 2 is 0.981 bits per heavy atom. The number of hydrogen-bond acceptors (Lipinski definition) is 3. The molecule has 2 aliphatic heterocycles. The summed E-state index contributed by atoms with van der Waals surface area (Å²) in [6.45, 7) is 13.2. The van der Waals surface area contributed by atoms with Crippen molar-refractivity contribution in [3.63, 3.8) is 0 Å². The number of rotatable bonds is 2. The van der Waals surface area contributed by atoms with Crippen molar-refractivity contribution in [3.8, 4) is 0 Å². The third-order valence-electron chi connectivity index (χ3n) is 11.4. The lowest BCUT2D eigenvalue weighted by Crippen LogP contribution is -2.15. The largest absolute Gasteiger partial charge is 0.249 e. The monoisotopic (exact) mass is 726 g/mol. The van der Waals surface area contributed by atoms with Crippen LogP contribution in [0.15, 0.2) is 141 Å².